The fraction of sp³-hybridized carbons (Fsp3) is 0.389. The Balaban J connectivity index is 1.54. The maximum absolute atomic E-state index is 12.1. The maximum atomic E-state index is 12.1. The van der Waals surface area contributed by atoms with Gasteiger partial charge < -0.3 is 5.32 Å². The molecule has 3 rings (SSSR count). The lowest BCUT2D eigenvalue weighted by Gasteiger charge is -2.09. The lowest BCUT2D eigenvalue weighted by molar-refractivity contribution is -0.121. The van der Waals surface area contributed by atoms with E-state index in [-0.39, 0.29) is 5.91 Å². The number of terminal acetylenes is 1. The van der Waals surface area contributed by atoms with Gasteiger partial charge >= 0.3 is 0 Å². The highest BCUT2D eigenvalue weighted by Gasteiger charge is 2.39. The first-order valence-corrected chi connectivity index (χ1v) is 8.20. The number of carbonyl (C=O) groups excluding carboxylic acids is 1. The third-order valence-corrected chi connectivity index (χ3v) is 4.09. The van der Waals surface area contributed by atoms with Crippen LogP contribution in [0.4, 0.5) is 0 Å². The van der Waals surface area contributed by atoms with Crippen molar-refractivity contribution in [3.63, 3.8) is 0 Å². The molecule has 2 aromatic heterocycles. The lowest BCUT2D eigenvalue weighted by atomic mass is 10.0. The number of nitrogens with zero attached hydrogens (tertiary/aromatic N) is 5. The molecule has 3 heterocycles. The zero-order valence-electron chi connectivity index (χ0n) is 14.1. The molecule has 0 atom stereocenters. The number of rotatable bonds is 8. The Bertz CT molecular complexity index is 812. The van der Waals surface area contributed by atoms with Crippen LogP contribution in [0.3, 0.4) is 0 Å². The molecule has 0 unspecified atom stereocenters. The molecule has 0 aromatic carbocycles. The van der Waals surface area contributed by atoms with Crippen molar-refractivity contribution in [3.05, 3.63) is 36.2 Å². The summed E-state index contributed by atoms with van der Waals surface area (Å²) in [4.78, 5) is 16.5. The van der Waals surface area contributed by atoms with Crippen LogP contribution in [0.2, 0.25) is 0 Å². The Labute approximate surface area is 146 Å². The van der Waals surface area contributed by atoms with E-state index in [4.69, 9.17) is 6.42 Å². The van der Waals surface area contributed by atoms with Gasteiger partial charge in [0.1, 0.15) is 5.69 Å². The summed E-state index contributed by atoms with van der Waals surface area (Å²) in [5, 5.41) is 15.5. The van der Waals surface area contributed by atoms with Crippen molar-refractivity contribution < 1.29 is 4.79 Å². The van der Waals surface area contributed by atoms with Crippen LogP contribution >= 0.6 is 0 Å². The van der Waals surface area contributed by atoms with Crippen molar-refractivity contribution in [3.8, 4) is 23.7 Å². The highest BCUT2D eigenvalue weighted by atomic mass is 16.1. The van der Waals surface area contributed by atoms with E-state index in [9.17, 15) is 4.79 Å². The van der Waals surface area contributed by atoms with Gasteiger partial charge in [-0.1, -0.05) is 6.07 Å². The van der Waals surface area contributed by atoms with E-state index in [1.165, 1.54) is 0 Å². The molecule has 25 heavy (non-hydrogen) atoms. The largest absolute Gasteiger partial charge is 0.352 e. The van der Waals surface area contributed by atoms with Gasteiger partial charge in [0.15, 0.2) is 5.66 Å². The summed E-state index contributed by atoms with van der Waals surface area (Å²) in [5.41, 5.74) is 2.08. The van der Waals surface area contributed by atoms with E-state index in [0.29, 0.717) is 32.2 Å². The van der Waals surface area contributed by atoms with E-state index in [1.807, 2.05) is 31.4 Å². The molecular formula is C18H20N6O. The first-order chi connectivity index (χ1) is 12.1. The maximum Gasteiger partial charge on any atom is 0.220 e. The van der Waals surface area contributed by atoms with Crippen LogP contribution in [-0.4, -0.2) is 26.3 Å². The number of hydrogen-bond acceptors (Lipinski definition) is 5. The third kappa shape index (κ3) is 4.29. The van der Waals surface area contributed by atoms with Crippen LogP contribution in [0.1, 0.15) is 31.2 Å². The van der Waals surface area contributed by atoms with E-state index < -0.39 is 5.66 Å². The second-order valence-electron chi connectivity index (χ2n) is 6.05. The quantitative estimate of drug-likeness (QED) is 0.752. The molecule has 1 aliphatic heterocycles. The molecule has 128 valence electrons. The summed E-state index contributed by atoms with van der Waals surface area (Å²) in [7, 11) is 1.85. The molecule has 1 amide bonds. The van der Waals surface area contributed by atoms with Crippen LogP contribution in [0.5, 0.6) is 0 Å². The molecule has 2 aromatic rings. The van der Waals surface area contributed by atoms with E-state index >= 15 is 0 Å². The summed E-state index contributed by atoms with van der Waals surface area (Å²) < 4.78 is 1.72. The predicted octanol–water partition coefficient (Wildman–Crippen LogP) is 2.45. The van der Waals surface area contributed by atoms with Crippen LogP contribution in [0.15, 0.2) is 40.8 Å². The van der Waals surface area contributed by atoms with Crippen molar-refractivity contribution in [2.45, 2.75) is 37.9 Å². The van der Waals surface area contributed by atoms with Crippen molar-refractivity contribution in [1.82, 2.24) is 20.1 Å². The van der Waals surface area contributed by atoms with Crippen LogP contribution in [-0.2, 0) is 18.4 Å². The van der Waals surface area contributed by atoms with Gasteiger partial charge in [-0.05, 0) is 12.1 Å². The average Bonchev–Trinajstić information content (AvgIpc) is 3.31. The van der Waals surface area contributed by atoms with E-state index in [1.54, 1.807) is 10.9 Å². The number of aryl methyl sites for hydroxylation is 1. The number of amides is 1. The van der Waals surface area contributed by atoms with Gasteiger partial charge in [0.25, 0.3) is 0 Å². The van der Waals surface area contributed by atoms with E-state index in [2.05, 4.69) is 31.5 Å². The van der Waals surface area contributed by atoms with Crippen LogP contribution in [0.25, 0.3) is 11.4 Å². The summed E-state index contributed by atoms with van der Waals surface area (Å²) in [5.74, 6) is 2.55. The second-order valence-corrected chi connectivity index (χ2v) is 6.05. The Morgan fingerprint density at radius 3 is 2.88 bits per heavy atom. The number of pyridine rings is 1. The predicted molar refractivity (Wildman–Crippen MR) is 93.2 cm³/mol. The monoisotopic (exact) mass is 336 g/mol. The summed E-state index contributed by atoms with van der Waals surface area (Å²) in [6.45, 7) is 0.407. The van der Waals surface area contributed by atoms with E-state index in [0.717, 1.165) is 17.0 Å². The van der Waals surface area contributed by atoms with Gasteiger partial charge in [-0.3, -0.25) is 14.5 Å². The minimum absolute atomic E-state index is 0.0341. The van der Waals surface area contributed by atoms with Gasteiger partial charge in [-0.15, -0.1) is 12.3 Å². The zero-order valence-corrected chi connectivity index (χ0v) is 14.1. The van der Waals surface area contributed by atoms with Gasteiger partial charge in [0, 0.05) is 57.2 Å². The van der Waals surface area contributed by atoms with Crippen molar-refractivity contribution in [2.75, 3.05) is 0 Å². The molecule has 1 N–H and O–H groups in total. The lowest BCUT2D eigenvalue weighted by Crippen LogP contribution is -2.25. The average molecular weight is 336 g/mol. The standard InChI is InChI=1S/C18H20N6O/c1-3-4-9-18(22-23-18)10-8-16(25)20-12-14-13-24(2)21-17(14)15-7-5-6-11-19-15/h1,5-7,11,13H,4,8-10,12H2,2H3,(H,20,25). The zero-order chi connectivity index (χ0) is 17.7. The van der Waals surface area contributed by atoms with Crippen molar-refractivity contribution in [1.29, 1.82) is 0 Å². The molecule has 0 spiro atoms. The summed E-state index contributed by atoms with van der Waals surface area (Å²) in [6.07, 6.45) is 11.2. The Kier molecular flexibility index (Phi) is 4.89. The number of carbonyl (C=O) groups is 1. The highest BCUT2D eigenvalue weighted by molar-refractivity contribution is 5.76. The second kappa shape index (κ2) is 7.26. The number of nitrogens with one attached hydrogen (secondary N) is 1. The molecule has 7 heteroatoms. The van der Waals surface area contributed by atoms with Gasteiger partial charge in [0.2, 0.25) is 5.91 Å². The molecule has 7 nitrogen and oxygen atoms in total. The first kappa shape index (κ1) is 16.8. The van der Waals surface area contributed by atoms with Crippen LogP contribution < -0.4 is 5.32 Å². The molecule has 0 fully saturated rings. The van der Waals surface area contributed by atoms with Gasteiger partial charge in [-0.25, -0.2) is 0 Å². The molecule has 0 saturated carbocycles. The molecule has 1 aliphatic rings. The minimum Gasteiger partial charge on any atom is -0.352 e. The fourth-order valence-electron chi connectivity index (χ4n) is 2.65. The molecule has 0 radical (unpaired) electrons. The van der Waals surface area contributed by atoms with Gasteiger partial charge in [0.05, 0.1) is 5.69 Å². The third-order valence-electron chi connectivity index (χ3n) is 4.09. The van der Waals surface area contributed by atoms with Gasteiger partial charge in [-0.2, -0.15) is 15.3 Å². The normalized spacial score (nSPS) is 14.1. The molecule has 0 saturated heterocycles. The molecular weight excluding hydrogens is 316 g/mol. The first-order valence-electron chi connectivity index (χ1n) is 8.20. The Morgan fingerprint density at radius 2 is 2.20 bits per heavy atom. The fourth-order valence-corrected chi connectivity index (χ4v) is 2.65. The summed E-state index contributed by atoms with van der Waals surface area (Å²) in [6, 6.07) is 5.68. The van der Waals surface area contributed by atoms with Crippen molar-refractivity contribution >= 4 is 5.91 Å². The molecule has 0 aliphatic carbocycles. The Morgan fingerprint density at radius 1 is 1.36 bits per heavy atom. The number of aromatic nitrogens is 3. The highest BCUT2D eigenvalue weighted by Crippen LogP contribution is 2.37. The number of hydrogen-bond donors (Lipinski definition) is 1. The summed E-state index contributed by atoms with van der Waals surface area (Å²) >= 11 is 0. The SMILES string of the molecule is C#CCCC1(CCC(=O)NCc2cn(C)nc2-c2ccccn2)N=N1. The van der Waals surface area contributed by atoms with Crippen LogP contribution in [0, 0.1) is 12.3 Å². The smallest absolute Gasteiger partial charge is 0.220 e. The molecule has 0 bridgehead atoms. The Hall–Kier alpha value is -3.01. The topological polar surface area (TPSA) is 84.5 Å². The van der Waals surface area contributed by atoms with Crippen molar-refractivity contribution in [2.24, 2.45) is 17.3 Å². The minimum atomic E-state index is -0.420.